The Morgan fingerprint density at radius 3 is 2.79 bits per heavy atom. The molecular weight excluding hydrogens is 372 g/mol. The van der Waals surface area contributed by atoms with Crippen molar-refractivity contribution in [1.82, 2.24) is 0 Å². The van der Waals surface area contributed by atoms with E-state index in [-0.39, 0.29) is 5.91 Å². The van der Waals surface area contributed by atoms with Crippen molar-refractivity contribution in [3.8, 4) is 0 Å². The third-order valence-electron chi connectivity index (χ3n) is 4.86. The Balaban J connectivity index is 2.01. The van der Waals surface area contributed by atoms with Crippen LogP contribution >= 0.6 is 15.9 Å². The van der Waals surface area contributed by atoms with E-state index in [9.17, 15) is 9.59 Å². The van der Waals surface area contributed by atoms with E-state index in [4.69, 9.17) is 4.74 Å². The number of esters is 1. The van der Waals surface area contributed by atoms with Crippen LogP contribution in [0.1, 0.15) is 17.0 Å². The van der Waals surface area contributed by atoms with Gasteiger partial charge in [-0.3, -0.25) is 9.59 Å². The minimum absolute atomic E-state index is 0.161. The molecular formula is C18H15BrN2O3. The molecule has 0 bridgehead atoms. The van der Waals surface area contributed by atoms with Crippen LogP contribution in [0.5, 0.6) is 0 Å². The van der Waals surface area contributed by atoms with E-state index in [1.807, 2.05) is 42.5 Å². The summed E-state index contributed by atoms with van der Waals surface area (Å²) in [5.74, 6) is -1.34. The molecule has 5 nitrogen and oxygen atoms in total. The van der Waals surface area contributed by atoms with Crippen molar-refractivity contribution >= 4 is 39.2 Å². The Morgan fingerprint density at radius 1 is 1.29 bits per heavy atom. The number of carbonyl (C=O) groups is 2. The van der Waals surface area contributed by atoms with Crippen LogP contribution in [0.2, 0.25) is 0 Å². The van der Waals surface area contributed by atoms with Crippen LogP contribution in [0.15, 0.2) is 46.9 Å². The van der Waals surface area contributed by atoms with Gasteiger partial charge in [-0.2, -0.15) is 0 Å². The maximum Gasteiger partial charge on any atom is 0.316 e. The average Bonchev–Trinajstić information content (AvgIpc) is 3.04. The van der Waals surface area contributed by atoms with E-state index >= 15 is 0 Å². The minimum Gasteiger partial charge on any atom is -0.468 e. The summed E-state index contributed by atoms with van der Waals surface area (Å²) < 4.78 is 5.90. The number of carbonyl (C=O) groups excluding carboxylic acids is 2. The van der Waals surface area contributed by atoms with E-state index in [1.165, 1.54) is 7.11 Å². The van der Waals surface area contributed by atoms with Crippen LogP contribution in [0.3, 0.4) is 0 Å². The number of amides is 1. The summed E-state index contributed by atoms with van der Waals surface area (Å²) in [5, 5.41) is 3.33. The standard InChI is InChI=1S/C18H15BrN2O3/c1-21-14-6-4-3-5-12(14)18(17(21)23)15(16(22)24-2)11-9-10(19)7-8-13(11)20-18/h3-9,15,20H,1-2H3. The molecule has 2 atom stereocenters. The second-order valence-electron chi connectivity index (χ2n) is 6.00. The highest BCUT2D eigenvalue weighted by Gasteiger charge is 2.62. The number of fused-ring (bicyclic) bond motifs is 3. The number of nitrogens with zero attached hydrogens (tertiary/aromatic N) is 1. The fourth-order valence-electron chi connectivity index (χ4n) is 3.81. The highest BCUT2D eigenvalue weighted by atomic mass is 79.9. The first-order valence-corrected chi connectivity index (χ1v) is 8.33. The molecule has 0 saturated heterocycles. The lowest BCUT2D eigenvalue weighted by Crippen LogP contribution is -2.48. The normalized spacial score (nSPS) is 23.9. The average molecular weight is 387 g/mol. The smallest absolute Gasteiger partial charge is 0.316 e. The highest BCUT2D eigenvalue weighted by molar-refractivity contribution is 9.10. The Bertz CT molecular complexity index is 882. The largest absolute Gasteiger partial charge is 0.468 e. The van der Waals surface area contributed by atoms with E-state index in [1.54, 1.807) is 11.9 Å². The van der Waals surface area contributed by atoms with Gasteiger partial charge in [0.1, 0.15) is 5.92 Å². The molecule has 1 amide bonds. The number of methoxy groups -OCH3 is 1. The molecule has 1 N–H and O–H groups in total. The summed E-state index contributed by atoms with van der Waals surface area (Å²) in [6.07, 6.45) is 0. The molecule has 6 heteroatoms. The number of benzene rings is 2. The molecule has 0 fully saturated rings. The zero-order chi connectivity index (χ0) is 17.1. The lowest BCUT2D eigenvalue weighted by molar-refractivity contribution is -0.146. The molecule has 2 aromatic carbocycles. The Hall–Kier alpha value is -2.34. The topological polar surface area (TPSA) is 58.6 Å². The number of likely N-dealkylation sites (N-methyl/N-ethyl adjacent to an activating group) is 1. The van der Waals surface area contributed by atoms with Crippen molar-refractivity contribution in [1.29, 1.82) is 0 Å². The third-order valence-corrected chi connectivity index (χ3v) is 5.35. The van der Waals surface area contributed by atoms with Gasteiger partial charge in [0.05, 0.1) is 7.11 Å². The summed E-state index contributed by atoms with van der Waals surface area (Å²) in [6.45, 7) is 0. The van der Waals surface area contributed by atoms with Crippen LogP contribution in [0, 0.1) is 0 Å². The van der Waals surface area contributed by atoms with Crippen molar-refractivity contribution in [2.24, 2.45) is 0 Å². The molecule has 2 aliphatic rings. The maximum absolute atomic E-state index is 13.2. The lowest BCUT2D eigenvalue weighted by Gasteiger charge is -2.29. The van der Waals surface area contributed by atoms with Gasteiger partial charge < -0.3 is 15.0 Å². The Kier molecular flexibility index (Phi) is 3.22. The molecule has 0 radical (unpaired) electrons. The molecule has 4 rings (SSSR count). The number of para-hydroxylation sites is 1. The summed E-state index contributed by atoms with van der Waals surface area (Å²) in [6, 6.07) is 13.2. The van der Waals surface area contributed by atoms with Gasteiger partial charge >= 0.3 is 5.97 Å². The van der Waals surface area contributed by atoms with Gasteiger partial charge in [0, 0.05) is 28.5 Å². The fourth-order valence-corrected chi connectivity index (χ4v) is 4.19. The highest BCUT2D eigenvalue weighted by Crippen LogP contribution is 2.55. The van der Waals surface area contributed by atoms with Crippen LogP contribution in [-0.4, -0.2) is 26.0 Å². The first-order valence-electron chi connectivity index (χ1n) is 7.54. The van der Waals surface area contributed by atoms with Crippen LogP contribution in [0.25, 0.3) is 0 Å². The summed E-state index contributed by atoms with van der Waals surface area (Å²) in [4.78, 5) is 27.5. The SMILES string of the molecule is COC(=O)C1c2cc(Br)ccc2NC12C(=O)N(C)c1ccccc12. The minimum atomic E-state index is -1.17. The number of nitrogens with one attached hydrogen (secondary N) is 1. The molecule has 122 valence electrons. The van der Waals surface area contributed by atoms with Crippen LogP contribution in [0.4, 0.5) is 11.4 Å². The number of ether oxygens (including phenoxy) is 1. The van der Waals surface area contributed by atoms with E-state index in [0.29, 0.717) is 0 Å². The van der Waals surface area contributed by atoms with E-state index in [2.05, 4.69) is 21.2 Å². The number of hydrogen-bond acceptors (Lipinski definition) is 4. The summed E-state index contributed by atoms with van der Waals surface area (Å²) in [7, 11) is 3.08. The molecule has 2 aliphatic heterocycles. The predicted molar refractivity (Wildman–Crippen MR) is 94.1 cm³/mol. The van der Waals surface area contributed by atoms with Gasteiger partial charge in [0.15, 0.2) is 5.54 Å². The van der Waals surface area contributed by atoms with Gasteiger partial charge in [-0.25, -0.2) is 0 Å². The van der Waals surface area contributed by atoms with Crippen molar-refractivity contribution in [3.63, 3.8) is 0 Å². The van der Waals surface area contributed by atoms with Crippen molar-refractivity contribution < 1.29 is 14.3 Å². The zero-order valence-electron chi connectivity index (χ0n) is 13.2. The van der Waals surface area contributed by atoms with Crippen molar-refractivity contribution in [2.45, 2.75) is 11.5 Å². The van der Waals surface area contributed by atoms with E-state index < -0.39 is 17.4 Å². The van der Waals surface area contributed by atoms with Crippen molar-refractivity contribution in [2.75, 3.05) is 24.4 Å². The number of rotatable bonds is 1. The summed E-state index contributed by atoms with van der Waals surface area (Å²) >= 11 is 3.44. The van der Waals surface area contributed by atoms with Gasteiger partial charge in [-0.1, -0.05) is 34.1 Å². The number of halogens is 1. The van der Waals surface area contributed by atoms with E-state index in [0.717, 1.165) is 27.0 Å². The van der Waals surface area contributed by atoms with Gasteiger partial charge in [-0.15, -0.1) is 0 Å². The Labute approximate surface area is 147 Å². The second kappa shape index (κ2) is 5.08. The number of hydrogen-bond donors (Lipinski definition) is 1. The molecule has 1 spiro atoms. The van der Waals surface area contributed by atoms with Gasteiger partial charge in [0.2, 0.25) is 0 Å². The number of anilines is 2. The van der Waals surface area contributed by atoms with Crippen molar-refractivity contribution in [3.05, 3.63) is 58.1 Å². The molecule has 2 aromatic rings. The van der Waals surface area contributed by atoms with Crippen LogP contribution < -0.4 is 10.2 Å². The fraction of sp³-hybridized carbons (Fsp3) is 0.222. The maximum atomic E-state index is 13.2. The van der Waals surface area contributed by atoms with Crippen LogP contribution in [-0.2, 0) is 19.9 Å². The third kappa shape index (κ3) is 1.74. The zero-order valence-corrected chi connectivity index (χ0v) is 14.8. The molecule has 2 heterocycles. The summed E-state index contributed by atoms with van der Waals surface area (Å²) in [5.41, 5.74) is 1.96. The Morgan fingerprint density at radius 2 is 2.04 bits per heavy atom. The molecule has 0 aliphatic carbocycles. The van der Waals surface area contributed by atoms with Gasteiger partial charge in [-0.05, 0) is 29.8 Å². The predicted octanol–water partition coefficient (Wildman–Crippen LogP) is 3.00. The first-order chi connectivity index (χ1) is 11.5. The second-order valence-corrected chi connectivity index (χ2v) is 6.92. The molecule has 24 heavy (non-hydrogen) atoms. The first kappa shape index (κ1) is 15.2. The lowest BCUT2D eigenvalue weighted by atomic mass is 9.78. The molecule has 2 unspecified atom stereocenters. The molecule has 0 aromatic heterocycles. The molecule has 0 saturated carbocycles. The monoisotopic (exact) mass is 386 g/mol. The quantitative estimate of drug-likeness (QED) is 0.765. The van der Waals surface area contributed by atoms with Gasteiger partial charge in [0.25, 0.3) is 5.91 Å².